The number of carbonyl (C=O) groups is 1. The van der Waals surface area contributed by atoms with E-state index in [4.69, 9.17) is 16.3 Å². The minimum absolute atomic E-state index is 0.0843. The molecule has 0 bridgehead atoms. The van der Waals surface area contributed by atoms with Gasteiger partial charge >= 0.3 is 0 Å². The molecule has 21 heavy (non-hydrogen) atoms. The average molecular weight is 304 g/mol. The summed E-state index contributed by atoms with van der Waals surface area (Å²) in [5.74, 6) is 0.523. The van der Waals surface area contributed by atoms with Crippen LogP contribution in [0.1, 0.15) is 22.8 Å². The van der Waals surface area contributed by atoms with Crippen LogP contribution in [0, 0.1) is 0 Å². The number of hydrogen-bond donors (Lipinski definition) is 0. The van der Waals surface area contributed by atoms with Crippen LogP contribution in [-0.4, -0.2) is 24.5 Å². The van der Waals surface area contributed by atoms with Crippen LogP contribution in [0.2, 0.25) is 5.02 Å². The van der Waals surface area contributed by atoms with E-state index in [9.17, 15) is 4.79 Å². The largest absolute Gasteiger partial charge is 0.493 e. The van der Waals surface area contributed by atoms with Crippen molar-refractivity contribution >= 4 is 17.5 Å². The second-order valence-electron chi connectivity index (χ2n) is 4.68. The van der Waals surface area contributed by atoms with Gasteiger partial charge in [0, 0.05) is 18.6 Å². The molecule has 0 aliphatic heterocycles. The SMILES string of the molecule is CCOc1ccccc1C(=O)N(C)Cc1ccccc1Cl. The fourth-order valence-corrected chi connectivity index (χ4v) is 2.28. The number of nitrogens with zero attached hydrogens (tertiary/aromatic N) is 1. The predicted molar refractivity (Wildman–Crippen MR) is 84.9 cm³/mol. The number of rotatable bonds is 5. The Morgan fingerprint density at radius 2 is 1.81 bits per heavy atom. The van der Waals surface area contributed by atoms with Crippen LogP contribution in [-0.2, 0) is 6.54 Å². The Morgan fingerprint density at radius 1 is 1.14 bits per heavy atom. The van der Waals surface area contributed by atoms with Gasteiger partial charge in [-0.1, -0.05) is 41.9 Å². The lowest BCUT2D eigenvalue weighted by Gasteiger charge is -2.19. The van der Waals surface area contributed by atoms with Gasteiger partial charge in [-0.15, -0.1) is 0 Å². The average Bonchev–Trinajstić information content (AvgIpc) is 2.50. The summed E-state index contributed by atoms with van der Waals surface area (Å²) in [6, 6.07) is 14.8. The van der Waals surface area contributed by atoms with E-state index in [1.54, 1.807) is 24.1 Å². The van der Waals surface area contributed by atoms with Crippen LogP contribution >= 0.6 is 11.6 Å². The third-order valence-electron chi connectivity index (χ3n) is 3.13. The van der Waals surface area contributed by atoms with Crippen molar-refractivity contribution in [3.05, 3.63) is 64.7 Å². The first-order valence-corrected chi connectivity index (χ1v) is 7.22. The van der Waals surface area contributed by atoms with Gasteiger partial charge in [0.2, 0.25) is 0 Å². The molecule has 4 heteroatoms. The molecule has 0 unspecified atom stereocenters. The molecule has 0 aliphatic carbocycles. The van der Waals surface area contributed by atoms with Gasteiger partial charge in [-0.3, -0.25) is 4.79 Å². The first kappa shape index (κ1) is 15.4. The smallest absolute Gasteiger partial charge is 0.257 e. The van der Waals surface area contributed by atoms with E-state index in [2.05, 4.69) is 0 Å². The standard InChI is InChI=1S/C17H18ClNO2/c1-3-21-16-11-7-5-9-14(16)17(20)19(2)12-13-8-4-6-10-15(13)18/h4-11H,3,12H2,1-2H3. The van der Waals surface area contributed by atoms with Gasteiger partial charge < -0.3 is 9.64 Å². The summed E-state index contributed by atoms with van der Waals surface area (Å²) in [4.78, 5) is 14.2. The maximum Gasteiger partial charge on any atom is 0.257 e. The lowest BCUT2D eigenvalue weighted by atomic mass is 10.1. The quantitative estimate of drug-likeness (QED) is 0.835. The number of hydrogen-bond acceptors (Lipinski definition) is 2. The Bertz CT molecular complexity index is 628. The van der Waals surface area contributed by atoms with Gasteiger partial charge in [0.05, 0.1) is 12.2 Å². The first-order valence-electron chi connectivity index (χ1n) is 6.84. The highest BCUT2D eigenvalue weighted by Gasteiger charge is 2.17. The van der Waals surface area contributed by atoms with Crippen LogP contribution < -0.4 is 4.74 Å². The maximum absolute atomic E-state index is 12.6. The number of halogens is 1. The Morgan fingerprint density at radius 3 is 2.52 bits per heavy atom. The molecule has 0 aliphatic rings. The molecule has 0 aromatic heterocycles. The number of amides is 1. The summed E-state index contributed by atoms with van der Waals surface area (Å²) >= 11 is 6.14. The lowest BCUT2D eigenvalue weighted by Crippen LogP contribution is -2.26. The van der Waals surface area contributed by atoms with Crippen LogP contribution in [0.25, 0.3) is 0 Å². The molecule has 0 fully saturated rings. The molecule has 2 aromatic rings. The normalized spacial score (nSPS) is 10.2. The van der Waals surface area contributed by atoms with Crippen LogP contribution in [0.15, 0.2) is 48.5 Å². The van der Waals surface area contributed by atoms with Crippen molar-refractivity contribution in [2.45, 2.75) is 13.5 Å². The molecule has 0 atom stereocenters. The van der Waals surface area contributed by atoms with Crippen LogP contribution in [0.3, 0.4) is 0 Å². The molecule has 0 saturated carbocycles. The van der Waals surface area contributed by atoms with Crippen molar-refractivity contribution in [3.63, 3.8) is 0 Å². The number of ether oxygens (including phenoxy) is 1. The molecule has 1 amide bonds. The van der Waals surface area contributed by atoms with E-state index in [1.807, 2.05) is 43.3 Å². The highest BCUT2D eigenvalue weighted by Crippen LogP contribution is 2.22. The lowest BCUT2D eigenvalue weighted by molar-refractivity contribution is 0.0781. The van der Waals surface area contributed by atoms with Crippen molar-refractivity contribution in [1.29, 1.82) is 0 Å². The highest BCUT2D eigenvalue weighted by atomic mass is 35.5. The van der Waals surface area contributed by atoms with Gasteiger partial charge in [-0.25, -0.2) is 0 Å². The summed E-state index contributed by atoms with van der Waals surface area (Å²) in [5, 5.41) is 0.662. The highest BCUT2D eigenvalue weighted by molar-refractivity contribution is 6.31. The van der Waals surface area contributed by atoms with Gasteiger partial charge in [-0.05, 0) is 30.7 Å². The Hall–Kier alpha value is -2.00. The van der Waals surface area contributed by atoms with E-state index in [0.29, 0.717) is 29.5 Å². The molecule has 2 aromatic carbocycles. The molecule has 3 nitrogen and oxygen atoms in total. The van der Waals surface area contributed by atoms with Crippen molar-refractivity contribution in [3.8, 4) is 5.75 Å². The zero-order chi connectivity index (χ0) is 15.2. The molecule has 110 valence electrons. The molecular formula is C17H18ClNO2. The van der Waals surface area contributed by atoms with Gasteiger partial charge in [0.25, 0.3) is 5.91 Å². The minimum Gasteiger partial charge on any atom is -0.493 e. The molecule has 0 N–H and O–H groups in total. The van der Waals surface area contributed by atoms with E-state index < -0.39 is 0 Å². The third kappa shape index (κ3) is 3.76. The molecule has 0 saturated heterocycles. The van der Waals surface area contributed by atoms with Gasteiger partial charge in [0.1, 0.15) is 5.75 Å². The summed E-state index contributed by atoms with van der Waals surface area (Å²) in [7, 11) is 1.76. The van der Waals surface area contributed by atoms with Gasteiger partial charge in [0.15, 0.2) is 0 Å². The van der Waals surface area contributed by atoms with Crippen molar-refractivity contribution in [2.75, 3.05) is 13.7 Å². The summed E-state index contributed by atoms with van der Waals surface area (Å²) in [6.45, 7) is 2.88. The van der Waals surface area contributed by atoms with Crippen LogP contribution in [0.4, 0.5) is 0 Å². The van der Waals surface area contributed by atoms with Gasteiger partial charge in [-0.2, -0.15) is 0 Å². The van der Waals surface area contributed by atoms with Crippen molar-refractivity contribution < 1.29 is 9.53 Å². The van der Waals surface area contributed by atoms with Crippen molar-refractivity contribution in [2.24, 2.45) is 0 Å². The van der Waals surface area contributed by atoms with Crippen LogP contribution in [0.5, 0.6) is 5.75 Å². The molecule has 0 heterocycles. The fraction of sp³-hybridized carbons (Fsp3) is 0.235. The Balaban J connectivity index is 2.18. The van der Waals surface area contributed by atoms with E-state index in [0.717, 1.165) is 5.56 Å². The summed E-state index contributed by atoms with van der Waals surface area (Å²) in [6.07, 6.45) is 0. The second kappa shape index (κ2) is 7.14. The van der Waals surface area contributed by atoms with Crippen molar-refractivity contribution in [1.82, 2.24) is 4.90 Å². The summed E-state index contributed by atoms with van der Waals surface area (Å²) < 4.78 is 5.51. The Labute approximate surface area is 130 Å². The topological polar surface area (TPSA) is 29.5 Å². The fourth-order valence-electron chi connectivity index (χ4n) is 2.08. The molecule has 2 rings (SSSR count). The third-order valence-corrected chi connectivity index (χ3v) is 3.50. The molecule has 0 radical (unpaired) electrons. The number of carbonyl (C=O) groups excluding carboxylic acids is 1. The zero-order valence-corrected chi connectivity index (χ0v) is 12.9. The van der Waals surface area contributed by atoms with E-state index in [1.165, 1.54) is 0 Å². The Kier molecular flexibility index (Phi) is 5.23. The molecule has 0 spiro atoms. The zero-order valence-electron chi connectivity index (χ0n) is 12.2. The van der Waals surface area contributed by atoms with E-state index in [-0.39, 0.29) is 5.91 Å². The second-order valence-corrected chi connectivity index (χ2v) is 5.09. The number of para-hydroxylation sites is 1. The van der Waals surface area contributed by atoms with E-state index >= 15 is 0 Å². The monoisotopic (exact) mass is 303 g/mol. The maximum atomic E-state index is 12.6. The minimum atomic E-state index is -0.0843. The number of benzene rings is 2. The predicted octanol–water partition coefficient (Wildman–Crippen LogP) is 4.01. The summed E-state index contributed by atoms with van der Waals surface area (Å²) in [5.41, 5.74) is 1.48. The molecular weight excluding hydrogens is 286 g/mol. The first-order chi connectivity index (χ1) is 10.1.